The third-order valence-electron chi connectivity index (χ3n) is 4.03. The molecule has 0 atom stereocenters. The van der Waals surface area contributed by atoms with E-state index in [2.05, 4.69) is 20.0 Å². The van der Waals surface area contributed by atoms with Gasteiger partial charge in [0.15, 0.2) is 0 Å². The number of hydrogen-bond donors (Lipinski definition) is 1. The molecule has 25 heavy (non-hydrogen) atoms. The molecule has 3 aromatic rings. The van der Waals surface area contributed by atoms with E-state index in [-0.39, 0.29) is 0 Å². The zero-order chi connectivity index (χ0) is 17.2. The molecule has 6 nitrogen and oxygen atoms in total. The fraction of sp³-hybridized carbons (Fsp3) is 0.105. The lowest BCUT2D eigenvalue weighted by Crippen LogP contribution is -2.32. The third-order valence-corrected chi connectivity index (χ3v) is 4.03. The highest BCUT2D eigenvalue weighted by Crippen LogP contribution is 2.26. The molecule has 0 radical (unpaired) electrons. The van der Waals surface area contributed by atoms with Crippen molar-refractivity contribution in [1.82, 2.24) is 15.0 Å². The van der Waals surface area contributed by atoms with Gasteiger partial charge in [-0.2, -0.15) is 4.98 Å². The first kappa shape index (κ1) is 15.1. The van der Waals surface area contributed by atoms with Crippen molar-refractivity contribution in [2.45, 2.75) is 0 Å². The average Bonchev–Trinajstić information content (AvgIpc) is 3.13. The van der Waals surface area contributed by atoms with Crippen LogP contribution in [-0.4, -0.2) is 34.5 Å². The molecule has 2 aromatic carbocycles. The van der Waals surface area contributed by atoms with E-state index in [1.54, 1.807) is 6.20 Å². The summed E-state index contributed by atoms with van der Waals surface area (Å²) >= 11 is 0. The summed E-state index contributed by atoms with van der Waals surface area (Å²) in [5.74, 6) is 1.67. The maximum atomic E-state index is 5.78. The number of rotatable bonds is 3. The van der Waals surface area contributed by atoms with E-state index in [1.807, 2.05) is 61.6 Å². The highest BCUT2D eigenvalue weighted by Gasteiger charge is 2.15. The van der Waals surface area contributed by atoms with Crippen LogP contribution in [0, 0.1) is 0 Å². The summed E-state index contributed by atoms with van der Waals surface area (Å²) in [6.45, 7) is 0.608. The van der Waals surface area contributed by atoms with Crippen LogP contribution in [0.4, 0.5) is 0 Å². The van der Waals surface area contributed by atoms with Gasteiger partial charge < -0.3 is 15.2 Å². The lowest BCUT2D eigenvalue weighted by Gasteiger charge is -2.25. The minimum absolute atomic E-state index is 0.507. The molecule has 124 valence electrons. The highest BCUT2D eigenvalue weighted by atomic mass is 16.5. The summed E-state index contributed by atoms with van der Waals surface area (Å²) in [6.07, 6.45) is 1.78. The van der Waals surface area contributed by atoms with Gasteiger partial charge >= 0.3 is 0 Å². The molecule has 6 heteroatoms. The standard InChI is InChI=1S/C19H17N5O/c1-24-12-17(20)21-11-16(24)14-8-5-9-15(10-14)18-22-19(25-23-18)13-6-3-2-4-7-13/h2-11H,12H2,1H3,(H2,20,21). The molecule has 0 saturated heterocycles. The number of nitrogens with two attached hydrogens (primary N) is 1. The second kappa shape index (κ2) is 6.24. The third kappa shape index (κ3) is 3.01. The van der Waals surface area contributed by atoms with Crippen molar-refractivity contribution in [2.75, 3.05) is 13.6 Å². The summed E-state index contributed by atoms with van der Waals surface area (Å²) in [7, 11) is 1.99. The van der Waals surface area contributed by atoms with Gasteiger partial charge in [-0.25, -0.2) is 4.99 Å². The first-order valence-electron chi connectivity index (χ1n) is 7.94. The number of likely N-dealkylation sites (N-methyl/N-ethyl adjacent to an activating group) is 1. The van der Waals surface area contributed by atoms with Crippen molar-refractivity contribution in [3.63, 3.8) is 0 Å². The number of benzene rings is 2. The van der Waals surface area contributed by atoms with E-state index >= 15 is 0 Å². The van der Waals surface area contributed by atoms with E-state index < -0.39 is 0 Å². The Labute approximate surface area is 145 Å². The van der Waals surface area contributed by atoms with Crippen molar-refractivity contribution in [3.8, 4) is 22.8 Å². The molecule has 0 aliphatic carbocycles. The lowest BCUT2D eigenvalue weighted by molar-refractivity contribution is 0.432. The first-order chi connectivity index (χ1) is 12.2. The van der Waals surface area contributed by atoms with E-state index in [9.17, 15) is 0 Å². The van der Waals surface area contributed by atoms with Crippen LogP contribution in [0.1, 0.15) is 5.56 Å². The molecule has 1 aliphatic rings. The molecule has 1 aliphatic heterocycles. The van der Waals surface area contributed by atoms with Crippen molar-refractivity contribution in [1.29, 1.82) is 0 Å². The minimum atomic E-state index is 0.507. The van der Waals surface area contributed by atoms with Gasteiger partial charge in [-0.1, -0.05) is 41.6 Å². The average molecular weight is 331 g/mol. The van der Waals surface area contributed by atoms with Crippen molar-refractivity contribution >= 4 is 11.5 Å². The lowest BCUT2D eigenvalue weighted by atomic mass is 10.1. The van der Waals surface area contributed by atoms with Gasteiger partial charge in [0.05, 0.1) is 18.4 Å². The zero-order valence-corrected chi connectivity index (χ0v) is 13.8. The predicted molar refractivity (Wildman–Crippen MR) is 97.4 cm³/mol. The molecule has 1 aromatic heterocycles. The molecule has 0 unspecified atom stereocenters. The van der Waals surface area contributed by atoms with Crippen LogP contribution in [0.2, 0.25) is 0 Å². The Morgan fingerprint density at radius 3 is 2.56 bits per heavy atom. The molecule has 0 spiro atoms. The fourth-order valence-corrected chi connectivity index (χ4v) is 2.76. The highest BCUT2D eigenvalue weighted by molar-refractivity contribution is 5.87. The summed E-state index contributed by atoms with van der Waals surface area (Å²) in [6, 6.07) is 17.7. The smallest absolute Gasteiger partial charge is 0.258 e. The molecular formula is C19H17N5O. The molecule has 4 rings (SSSR count). The predicted octanol–water partition coefficient (Wildman–Crippen LogP) is 3.00. The fourth-order valence-electron chi connectivity index (χ4n) is 2.76. The van der Waals surface area contributed by atoms with Gasteiger partial charge in [-0.15, -0.1) is 0 Å². The Kier molecular flexibility index (Phi) is 3.78. The van der Waals surface area contributed by atoms with Crippen molar-refractivity contribution in [3.05, 3.63) is 66.4 Å². The maximum Gasteiger partial charge on any atom is 0.258 e. The second-order valence-corrected chi connectivity index (χ2v) is 5.86. The van der Waals surface area contributed by atoms with Gasteiger partial charge in [-0.05, 0) is 18.2 Å². The molecule has 2 heterocycles. The van der Waals surface area contributed by atoms with Crippen LogP contribution in [0.3, 0.4) is 0 Å². The number of nitrogens with zero attached hydrogens (tertiary/aromatic N) is 4. The van der Waals surface area contributed by atoms with Crippen LogP contribution < -0.4 is 5.73 Å². The number of aliphatic imine (C=N–C) groups is 1. The number of amidine groups is 1. The molecule has 0 amide bonds. The SMILES string of the molecule is CN1CC(N)=NC=C1c1cccc(-c2noc(-c3ccccc3)n2)c1. The second-order valence-electron chi connectivity index (χ2n) is 5.86. The van der Waals surface area contributed by atoms with Gasteiger partial charge in [0, 0.05) is 23.7 Å². The monoisotopic (exact) mass is 331 g/mol. The summed E-state index contributed by atoms with van der Waals surface area (Å²) in [5.41, 5.74) is 9.60. The molecule has 0 bridgehead atoms. The molecule has 0 fully saturated rings. The van der Waals surface area contributed by atoms with Gasteiger partial charge in [-0.3, -0.25) is 0 Å². The van der Waals surface area contributed by atoms with Gasteiger partial charge in [0.2, 0.25) is 5.82 Å². The molecule has 2 N–H and O–H groups in total. The number of aromatic nitrogens is 2. The topological polar surface area (TPSA) is 80.5 Å². The Balaban J connectivity index is 1.68. The van der Waals surface area contributed by atoms with Crippen LogP contribution >= 0.6 is 0 Å². The summed E-state index contributed by atoms with van der Waals surface area (Å²) in [4.78, 5) is 10.8. The maximum absolute atomic E-state index is 5.78. The van der Waals surface area contributed by atoms with Crippen molar-refractivity contribution < 1.29 is 4.52 Å². The van der Waals surface area contributed by atoms with E-state index in [1.165, 1.54) is 0 Å². The van der Waals surface area contributed by atoms with E-state index in [0.717, 1.165) is 22.4 Å². The Hall–Kier alpha value is -3.41. The van der Waals surface area contributed by atoms with Crippen molar-refractivity contribution in [2.24, 2.45) is 10.7 Å². The molecule has 0 saturated carbocycles. The van der Waals surface area contributed by atoms with Gasteiger partial charge in [0.25, 0.3) is 5.89 Å². The van der Waals surface area contributed by atoms with E-state index in [4.69, 9.17) is 10.3 Å². The molecular weight excluding hydrogens is 314 g/mol. The Morgan fingerprint density at radius 1 is 1.00 bits per heavy atom. The minimum Gasteiger partial charge on any atom is -0.386 e. The van der Waals surface area contributed by atoms with Crippen LogP contribution in [-0.2, 0) is 0 Å². The summed E-state index contributed by atoms with van der Waals surface area (Å²) < 4.78 is 5.40. The number of hydrogen-bond acceptors (Lipinski definition) is 6. The first-order valence-corrected chi connectivity index (χ1v) is 7.94. The Morgan fingerprint density at radius 2 is 1.76 bits per heavy atom. The van der Waals surface area contributed by atoms with Crippen LogP contribution in [0.15, 0.2) is 70.3 Å². The quantitative estimate of drug-likeness (QED) is 0.798. The zero-order valence-electron chi connectivity index (χ0n) is 13.8. The van der Waals surface area contributed by atoms with Gasteiger partial charge in [0.1, 0.15) is 5.84 Å². The normalized spacial score (nSPS) is 14.2. The van der Waals surface area contributed by atoms with Crippen LogP contribution in [0.25, 0.3) is 28.5 Å². The largest absolute Gasteiger partial charge is 0.386 e. The van der Waals surface area contributed by atoms with Crippen LogP contribution in [0.5, 0.6) is 0 Å². The summed E-state index contributed by atoms with van der Waals surface area (Å²) in [5, 5.41) is 4.11. The Bertz CT molecular complexity index is 959. The van der Waals surface area contributed by atoms with E-state index in [0.29, 0.717) is 24.1 Å².